The van der Waals surface area contributed by atoms with Crippen LogP contribution in [0, 0.1) is 40.4 Å². The second-order valence-electron chi connectivity index (χ2n) is 4.06. The van der Waals surface area contributed by atoms with Crippen LogP contribution < -0.4 is 5.73 Å². The molecule has 8 heteroatoms. The van der Waals surface area contributed by atoms with E-state index in [1.54, 1.807) is 13.0 Å². The molecule has 2 N–H and O–H groups in total. The Kier molecular flexibility index (Phi) is 3.87. The van der Waals surface area contributed by atoms with Crippen molar-refractivity contribution >= 4 is 17.0 Å². The fourth-order valence-corrected chi connectivity index (χ4v) is 3.06. The quantitative estimate of drug-likeness (QED) is 0.514. The highest BCUT2D eigenvalue weighted by molar-refractivity contribution is 7.16. The highest BCUT2D eigenvalue weighted by Gasteiger charge is 2.29. The summed E-state index contributed by atoms with van der Waals surface area (Å²) >= 11 is 0.594. The molecule has 0 saturated heterocycles. The minimum atomic E-state index is -2.23. The molecule has 0 aliphatic carbocycles. The van der Waals surface area contributed by atoms with Crippen LogP contribution >= 0.6 is 11.3 Å². The monoisotopic (exact) mass is 318 g/mol. The maximum Gasteiger partial charge on any atom is 0.200 e. The summed E-state index contributed by atoms with van der Waals surface area (Å²) in [6, 6.07) is 1.73. The van der Waals surface area contributed by atoms with Gasteiger partial charge < -0.3 is 5.73 Å². The maximum atomic E-state index is 13.8. The maximum absolute atomic E-state index is 13.8. The number of rotatable bonds is 2. The number of nitriles is 1. The zero-order valence-electron chi connectivity index (χ0n) is 10.5. The van der Waals surface area contributed by atoms with Crippen LogP contribution in [0.1, 0.15) is 17.4 Å². The summed E-state index contributed by atoms with van der Waals surface area (Å²) in [5.74, 6) is -10.2. The molecule has 21 heavy (non-hydrogen) atoms. The zero-order valence-corrected chi connectivity index (χ0v) is 11.3. The van der Waals surface area contributed by atoms with E-state index in [0.717, 1.165) is 0 Å². The van der Waals surface area contributed by atoms with Crippen LogP contribution in [-0.4, -0.2) is 0 Å². The predicted molar refractivity (Wildman–Crippen MR) is 68.1 cm³/mol. The number of hydrogen-bond donors (Lipinski definition) is 1. The number of nitrogen functional groups attached to an aromatic ring is 1. The predicted octanol–water partition coefficient (Wildman–Crippen LogP) is 4.13. The van der Waals surface area contributed by atoms with Crippen LogP contribution in [0.2, 0.25) is 0 Å². The van der Waals surface area contributed by atoms with Gasteiger partial charge in [0.2, 0.25) is 5.82 Å². The molecule has 0 aliphatic heterocycles. The van der Waals surface area contributed by atoms with Crippen LogP contribution in [0.3, 0.4) is 0 Å². The molecule has 1 aromatic heterocycles. The molecule has 0 atom stereocenters. The summed E-state index contributed by atoms with van der Waals surface area (Å²) < 4.78 is 67.2. The molecule has 1 aromatic carbocycles. The van der Waals surface area contributed by atoms with E-state index < -0.39 is 34.6 Å². The van der Waals surface area contributed by atoms with Gasteiger partial charge in [-0.25, -0.2) is 22.0 Å². The van der Waals surface area contributed by atoms with Crippen molar-refractivity contribution in [3.8, 4) is 16.5 Å². The largest absolute Gasteiger partial charge is 0.397 e. The molecule has 2 aromatic rings. The minimum Gasteiger partial charge on any atom is -0.397 e. The Morgan fingerprint density at radius 3 is 1.90 bits per heavy atom. The lowest BCUT2D eigenvalue weighted by molar-refractivity contribution is 0.381. The topological polar surface area (TPSA) is 49.8 Å². The Balaban J connectivity index is 2.90. The Bertz CT molecular complexity index is 747. The van der Waals surface area contributed by atoms with E-state index in [9.17, 15) is 22.0 Å². The Labute approximate surface area is 120 Å². The van der Waals surface area contributed by atoms with Crippen molar-refractivity contribution in [3.05, 3.63) is 39.5 Å². The number of hydrogen-bond acceptors (Lipinski definition) is 3. The van der Waals surface area contributed by atoms with Crippen molar-refractivity contribution in [2.75, 3.05) is 5.73 Å². The molecule has 0 fully saturated rings. The summed E-state index contributed by atoms with van der Waals surface area (Å²) in [5, 5.41) is 8.88. The van der Waals surface area contributed by atoms with Gasteiger partial charge in [-0.3, -0.25) is 0 Å². The van der Waals surface area contributed by atoms with Gasteiger partial charge in [0.1, 0.15) is 10.9 Å². The average molecular weight is 318 g/mol. The van der Waals surface area contributed by atoms with Crippen molar-refractivity contribution in [2.24, 2.45) is 0 Å². The molecule has 0 saturated carbocycles. The molecule has 0 spiro atoms. The number of benzene rings is 1. The van der Waals surface area contributed by atoms with Crippen molar-refractivity contribution in [1.29, 1.82) is 5.26 Å². The lowest BCUT2D eigenvalue weighted by Crippen LogP contribution is -2.04. The molecule has 2 nitrogen and oxygen atoms in total. The Morgan fingerprint density at radius 2 is 1.48 bits per heavy atom. The molecule has 110 valence electrons. The molecule has 1 heterocycles. The first-order chi connectivity index (χ1) is 9.84. The summed E-state index contributed by atoms with van der Waals surface area (Å²) in [6.45, 7) is 1.59. The Morgan fingerprint density at radius 1 is 1.00 bits per heavy atom. The third-order valence-electron chi connectivity index (χ3n) is 2.94. The number of nitrogens with zero attached hydrogens (tertiary/aromatic N) is 1. The second-order valence-corrected chi connectivity index (χ2v) is 5.08. The van der Waals surface area contributed by atoms with Crippen molar-refractivity contribution < 1.29 is 22.0 Å². The van der Waals surface area contributed by atoms with E-state index in [-0.39, 0.29) is 27.4 Å². The summed E-state index contributed by atoms with van der Waals surface area (Å²) in [6.07, 6.45) is 0.179. The first kappa shape index (κ1) is 15.3. The minimum absolute atomic E-state index is 0.0102. The summed E-state index contributed by atoms with van der Waals surface area (Å²) in [5.41, 5.74) is 4.77. The average Bonchev–Trinajstić information content (AvgIpc) is 2.79. The van der Waals surface area contributed by atoms with Gasteiger partial charge in [0.15, 0.2) is 23.3 Å². The van der Waals surface area contributed by atoms with Crippen molar-refractivity contribution in [2.45, 2.75) is 13.3 Å². The fraction of sp³-hybridized carbons (Fsp3) is 0.154. The first-order valence-corrected chi connectivity index (χ1v) is 6.49. The van der Waals surface area contributed by atoms with Crippen LogP contribution in [-0.2, 0) is 6.42 Å². The number of thiophene rings is 1. The van der Waals surface area contributed by atoms with Crippen molar-refractivity contribution in [1.82, 2.24) is 0 Å². The van der Waals surface area contributed by atoms with Gasteiger partial charge in [0.05, 0.1) is 11.3 Å². The molecule has 0 radical (unpaired) electrons. The SMILES string of the molecule is CCc1c(-c2c(F)c(F)c(F)c(F)c2F)sc(C#N)c1N. The van der Waals surface area contributed by atoms with Gasteiger partial charge in [-0.05, 0) is 12.0 Å². The van der Waals surface area contributed by atoms with E-state index in [1.165, 1.54) is 0 Å². The fourth-order valence-electron chi connectivity index (χ4n) is 1.92. The molecule has 0 aliphatic rings. The van der Waals surface area contributed by atoms with E-state index in [0.29, 0.717) is 11.3 Å². The van der Waals surface area contributed by atoms with E-state index in [4.69, 9.17) is 11.0 Å². The van der Waals surface area contributed by atoms with Gasteiger partial charge in [-0.2, -0.15) is 5.26 Å². The highest BCUT2D eigenvalue weighted by Crippen LogP contribution is 2.42. The van der Waals surface area contributed by atoms with Gasteiger partial charge in [0.25, 0.3) is 0 Å². The third kappa shape index (κ3) is 2.14. The molecular formula is C13H7F5N2S. The first-order valence-electron chi connectivity index (χ1n) is 5.68. The standard InChI is InChI=1S/C13H7F5N2S/c1-2-4-12(20)5(3-19)21-13(4)6-7(14)9(16)11(18)10(17)8(6)15/h2,20H2,1H3. The van der Waals surface area contributed by atoms with Gasteiger partial charge >= 0.3 is 0 Å². The number of anilines is 1. The van der Waals surface area contributed by atoms with E-state index >= 15 is 0 Å². The zero-order chi connectivity index (χ0) is 15.9. The summed E-state index contributed by atoms with van der Waals surface area (Å²) in [7, 11) is 0. The number of nitrogens with two attached hydrogens (primary N) is 1. The summed E-state index contributed by atoms with van der Waals surface area (Å²) in [4.78, 5) is -0.259. The van der Waals surface area contributed by atoms with Gasteiger partial charge in [0, 0.05) is 4.88 Å². The lowest BCUT2D eigenvalue weighted by Gasteiger charge is -2.08. The van der Waals surface area contributed by atoms with Gasteiger partial charge in [-0.15, -0.1) is 11.3 Å². The smallest absolute Gasteiger partial charge is 0.200 e. The number of halogens is 5. The van der Waals surface area contributed by atoms with Crippen LogP contribution in [0.5, 0.6) is 0 Å². The normalized spacial score (nSPS) is 10.7. The lowest BCUT2D eigenvalue weighted by atomic mass is 10.0. The van der Waals surface area contributed by atoms with E-state index in [1.807, 2.05) is 0 Å². The van der Waals surface area contributed by atoms with E-state index in [2.05, 4.69) is 0 Å². The molecule has 0 amide bonds. The van der Waals surface area contributed by atoms with Crippen LogP contribution in [0.4, 0.5) is 27.6 Å². The third-order valence-corrected chi connectivity index (χ3v) is 4.11. The molecule has 0 unspecified atom stereocenters. The molecule has 2 rings (SSSR count). The van der Waals surface area contributed by atoms with Crippen molar-refractivity contribution in [3.63, 3.8) is 0 Å². The van der Waals surface area contributed by atoms with Crippen LogP contribution in [0.15, 0.2) is 0 Å². The second kappa shape index (κ2) is 5.33. The van der Waals surface area contributed by atoms with Gasteiger partial charge in [-0.1, -0.05) is 6.92 Å². The molecular weight excluding hydrogens is 311 g/mol. The highest BCUT2D eigenvalue weighted by atomic mass is 32.1. The Hall–Kier alpha value is -2.14. The van der Waals surface area contributed by atoms with Crippen LogP contribution in [0.25, 0.3) is 10.4 Å². The molecule has 0 bridgehead atoms.